The van der Waals surface area contributed by atoms with Crippen LogP contribution in [0.1, 0.15) is 0 Å². The molecular formula is C27H27N5O18S5. The van der Waals surface area contributed by atoms with Crippen LogP contribution in [-0.4, -0.2) is 97.9 Å². The number of fused-ring (bicyclic) bond motifs is 1. The first-order valence-electron chi connectivity index (χ1n) is 14.4. The molecule has 0 heterocycles. The maximum absolute atomic E-state index is 12.7. The highest BCUT2D eigenvalue weighted by Gasteiger charge is 2.26. The van der Waals surface area contributed by atoms with Crippen molar-refractivity contribution in [1.29, 1.82) is 0 Å². The van der Waals surface area contributed by atoms with E-state index in [1.807, 2.05) is 0 Å². The van der Waals surface area contributed by atoms with Gasteiger partial charge in [0.15, 0.2) is 15.6 Å². The normalized spacial score (nSPS) is 13.1. The largest absolute Gasteiger partial charge is 0.506 e. The molecule has 4 aromatic carbocycles. The molecule has 0 aliphatic rings. The van der Waals surface area contributed by atoms with Crippen molar-refractivity contribution in [2.45, 2.75) is 14.7 Å². The lowest BCUT2D eigenvalue weighted by Gasteiger charge is -2.16. The van der Waals surface area contributed by atoms with Gasteiger partial charge in [0, 0.05) is 22.9 Å². The molecule has 0 aliphatic carbocycles. The highest BCUT2D eigenvalue weighted by atomic mass is 32.3. The number of azo groups is 2. The predicted octanol–water partition coefficient (Wildman–Crippen LogP) is 3.74. The van der Waals surface area contributed by atoms with Crippen LogP contribution in [0.5, 0.6) is 17.2 Å². The first kappa shape index (κ1) is 42.8. The lowest BCUT2D eigenvalue weighted by atomic mass is 10.0. The third kappa shape index (κ3) is 10.9. The number of rotatable bonds is 16. The van der Waals surface area contributed by atoms with Crippen molar-refractivity contribution in [2.75, 3.05) is 37.8 Å². The molecule has 0 aromatic heterocycles. The molecule has 4 rings (SSSR count). The van der Waals surface area contributed by atoms with Gasteiger partial charge in [-0.1, -0.05) is 0 Å². The van der Waals surface area contributed by atoms with Gasteiger partial charge in [0.25, 0.3) is 30.4 Å². The highest BCUT2D eigenvalue weighted by molar-refractivity contribution is 7.91. The summed E-state index contributed by atoms with van der Waals surface area (Å²) in [7, 11) is -21.7. The summed E-state index contributed by atoms with van der Waals surface area (Å²) in [5, 5.41) is 28.2. The molecule has 0 atom stereocenters. The van der Waals surface area contributed by atoms with Crippen LogP contribution in [0.4, 0.5) is 28.4 Å². The molecule has 0 aliphatic heterocycles. The van der Waals surface area contributed by atoms with Crippen molar-refractivity contribution in [1.82, 2.24) is 0 Å². The number of methoxy groups -OCH3 is 2. The van der Waals surface area contributed by atoms with E-state index >= 15 is 0 Å². The molecule has 0 spiro atoms. The van der Waals surface area contributed by atoms with Crippen LogP contribution in [0.15, 0.2) is 89.7 Å². The van der Waals surface area contributed by atoms with E-state index in [-0.39, 0.29) is 32.7 Å². The number of aromatic hydroxyl groups is 1. The van der Waals surface area contributed by atoms with Gasteiger partial charge in [-0.05, 0) is 42.5 Å². The summed E-state index contributed by atoms with van der Waals surface area (Å²) in [5.41, 5.74) is -1.71. The first-order valence-corrected chi connectivity index (χ1v) is 21.9. The van der Waals surface area contributed by atoms with Crippen molar-refractivity contribution in [3.8, 4) is 17.2 Å². The Kier molecular flexibility index (Phi) is 12.5. The number of phenols is 1. The van der Waals surface area contributed by atoms with Gasteiger partial charge in [0.1, 0.15) is 44.2 Å². The minimum atomic E-state index is -5.25. The van der Waals surface area contributed by atoms with E-state index in [1.165, 1.54) is 12.1 Å². The standard InChI is InChI=1S/C27H27N5O18S5/c1-48-22-12-20(21(33)13-23(22)53(39,40)41)30-32-26-24(54(42,43)44)11-18-17(27(26)49-2)7-8-19(28-14-52(36,37)38)25(18)31-29-15-3-5-16(6-4-15)51(34,35)10-9-50-55(45,46)47/h3-8,11-13,28,33H,9-10,14H2,1-2H3,(H,36,37,38)(H,39,40,41)(H,42,43,44)(H,45,46,47). The Morgan fingerprint density at radius 1 is 0.673 bits per heavy atom. The van der Waals surface area contributed by atoms with Crippen LogP contribution < -0.4 is 14.8 Å². The maximum atomic E-state index is 12.7. The number of ether oxygens (including phenoxy) is 2. The Morgan fingerprint density at radius 3 is 1.84 bits per heavy atom. The van der Waals surface area contributed by atoms with Gasteiger partial charge in [-0.2, -0.15) is 38.8 Å². The number of sulfone groups is 1. The van der Waals surface area contributed by atoms with E-state index in [0.29, 0.717) is 6.07 Å². The Morgan fingerprint density at radius 2 is 1.29 bits per heavy atom. The zero-order valence-electron chi connectivity index (χ0n) is 27.7. The Bertz CT molecular complexity index is 2780. The van der Waals surface area contributed by atoms with Crippen LogP contribution in [0.2, 0.25) is 0 Å². The summed E-state index contributed by atoms with van der Waals surface area (Å²) in [6.07, 6.45) is 0. The lowest BCUT2D eigenvalue weighted by molar-refractivity contribution is 0.284. The van der Waals surface area contributed by atoms with Gasteiger partial charge in [-0.3, -0.25) is 18.2 Å². The van der Waals surface area contributed by atoms with Gasteiger partial charge >= 0.3 is 10.4 Å². The number of hydrogen-bond acceptors (Lipinski definition) is 19. The minimum Gasteiger partial charge on any atom is -0.506 e. The smallest absolute Gasteiger partial charge is 0.397 e. The summed E-state index contributed by atoms with van der Waals surface area (Å²) in [6.45, 7) is -0.886. The molecule has 0 saturated carbocycles. The molecule has 0 fully saturated rings. The molecule has 55 heavy (non-hydrogen) atoms. The Labute approximate surface area is 312 Å². The van der Waals surface area contributed by atoms with Crippen molar-refractivity contribution in [2.24, 2.45) is 20.5 Å². The zero-order valence-corrected chi connectivity index (χ0v) is 31.8. The van der Waals surface area contributed by atoms with Crippen molar-refractivity contribution < 1.29 is 79.1 Å². The third-order valence-corrected chi connectivity index (χ3v) is 11.4. The second-order valence-corrected chi connectivity index (χ2v) is 18.1. The summed E-state index contributed by atoms with van der Waals surface area (Å²) in [5.74, 6) is -3.66. The third-order valence-electron chi connectivity index (χ3n) is 6.95. The molecule has 0 unspecified atom stereocenters. The number of benzene rings is 4. The number of hydrogen-bond donors (Lipinski definition) is 6. The van der Waals surface area contributed by atoms with Crippen molar-refractivity contribution in [3.63, 3.8) is 0 Å². The lowest BCUT2D eigenvalue weighted by Crippen LogP contribution is -2.15. The number of anilines is 1. The van der Waals surface area contributed by atoms with Crippen LogP contribution >= 0.6 is 0 Å². The van der Waals surface area contributed by atoms with E-state index in [2.05, 4.69) is 30.0 Å². The molecule has 4 aromatic rings. The van der Waals surface area contributed by atoms with Crippen LogP contribution in [-0.2, 0) is 54.8 Å². The van der Waals surface area contributed by atoms with E-state index in [9.17, 15) is 60.9 Å². The monoisotopic (exact) mass is 869 g/mol. The average Bonchev–Trinajstić information content (AvgIpc) is 3.06. The average molecular weight is 870 g/mol. The summed E-state index contributed by atoms with van der Waals surface area (Å²) < 4.78 is 170. The van der Waals surface area contributed by atoms with Gasteiger partial charge in [-0.15, -0.1) is 15.3 Å². The fourth-order valence-electron chi connectivity index (χ4n) is 4.59. The van der Waals surface area contributed by atoms with Gasteiger partial charge in [-0.25, -0.2) is 12.6 Å². The molecule has 23 nitrogen and oxygen atoms in total. The Balaban J connectivity index is 1.89. The SMILES string of the molecule is COc1cc(N=Nc2c(S(=O)(=O)O)cc3c(N=Nc4ccc(S(=O)(=O)CCOS(=O)(=O)O)cc4)c(NCS(=O)(=O)O)ccc3c2OC)c(O)cc1S(=O)(=O)O. The van der Waals surface area contributed by atoms with Crippen LogP contribution in [0.3, 0.4) is 0 Å². The number of nitrogens with zero attached hydrogens (tertiary/aromatic N) is 4. The van der Waals surface area contributed by atoms with E-state index in [1.54, 1.807) is 0 Å². The molecular weight excluding hydrogens is 843 g/mol. The number of nitrogens with one attached hydrogen (secondary N) is 1. The van der Waals surface area contributed by atoms with Gasteiger partial charge in [0.2, 0.25) is 0 Å². The predicted molar refractivity (Wildman–Crippen MR) is 189 cm³/mol. The maximum Gasteiger partial charge on any atom is 0.397 e. The topological polar surface area (TPSA) is 361 Å². The van der Waals surface area contributed by atoms with E-state index in [4.69, 9.17) is 14.0 Å². The molecule has 0 saturated heterocycles. The summed E-state index contributed by atoms with van der Waals surface area (Å²) in [4.78, 5) is -2.13. The molecule has 0 amide bonds. The molecule has 0 bridgehead atoms. The first-order chi connectivity index (χ1) is 25.3. The molecule has 298 valence electrons. The quantitative estimate of drug-likeness (QED) is 0.0689. The van der Waals surface area contributed by atoms with Crippen molar-refractivity contribution >= 4 is 89.8 Å². The van der Waals surface area contributed by atoms with Gasteiger partial charge in [0.05, 0.1) is 42.8 Å². The van der Waals surface area contributed by atoms with Crippen LogP contribution in [0.25, 0.3) is 10.8 Å². The highest BCUT2D eigenvalue weighted by Crippen LogP contribution is 2.48. The molecule has 6 N–H and O–H groups in total. The number of phenolic OH excluding ortho intramolecular Hbond substituents is 1. The molecule has 0 radical (unpaired) electrons. The van der Waals surface area contributed by atoms with E-state index < -0.39 is 107 Å². The van der Waals surface area contributed by atoms with Gasteiger partial charge < -0.3 is 19.9 Å². The van der Waals surface area contributed by atoms with Crippen LogP contribution in [0, 0.1) is 0 Å². The fraction of sp³-hybridized carbons (Fsp3) is 0.185. The molecule has 28 heteroatoms. The van der Waals surface area contributed by atoms with E-state index in [0.717, 1.165) is 50.6 Å². The Hall–Kier alpha value is -4.91. The summed E-state index contributed by atoms with van der Waals surface area (Å²) >= 11 is 0. The second-order valence-electron chi connectivity index (χ2n) is 10.6. The second kappa shape index (κ2) is 16.1. The minimum absolute atomic E-state index is 0.0210. The zero-order chi connectivity index (χ0) is 41.1. The fourth-order valence-corrected chi connectivity index (χ4v) is 7.71. The summed E-state index contributed by atoms with van der Waals surface area (Å²) in [6, 6.07) is 9.17. The van der Waals surface area contributed by atoms with Crippen molar-refractivity contribution in [3.05, 3.63) is 54.6 Å².